The van der Waals surface area contributed by atoms with Crippen LogP contribution in [-0.2, 0) is 6.18 Å². The quantitative estimate of drug-likeness (QED) is 0.792. The van der Waals surface area contributed by atoms with Gasteiger partial charge in [-0.3, -0.25) is 4.90 Å². The van der Waals surface area contributed by atoms with E-state index >= 15 is 0 Å². The van der Waals surface area contributed by atoms with Gasteiger partial charge in [-0.2, -0.15) is 26.3 Å². The first-order chi connectivity index (χ1) is 10.6. The van der Waals surface area contributed by atoms with E-state index in [-0.39, 0.29) is 37.1 Å². The third kappa shape index (κ3) is 5.78. The van der Waals surface area contributed by atoms with Crippen LogP contribution in [0.25, 0.3) is 0 Å². The van der Waals surface area contributed by atoms with Crippen molar-refractivity contribution in [2.45, 2.75) is 24.8 Å². The molecular weight excluding hydrogens is 365 g/mol. The molecule has 1 atom stereocenters. The smallest absolute Gasteiger partial charge is 0.314 e. The van der Waals surface area contributed by atoms with Crippen LogP contribution in [0.2, 0.25) is 0 Å². The largest absolute Gasteiger partial charge is 0.416 e. The molecule has 0 spiro atoms. The van der Waals surface area contributed by atoms with Crippen molar-refractivity contribution in [3.63, 3.8) is 0 Å². The summed E-state index contributed by atoms with van der Waals surface area (Å²) in [4.78, 5) is 1.43. The summed E-state index contributed by atoms with van der Waals surface area (Å²) in [7, 11) is 0. The topological polar surface area (TPSA) is 15.3 Å². The third-order valence-electron chi connectivity index (χ3n) is 3.65. The molecule has 1 aliphatic heterocycles. The summed E-state index contributed by atoms with van der Waals surface area (Å²) < 4.78 is 90.3. The molecule has 2 rings (SSSR count). The standard InChI is InChI=1S/C14H15F7N2.ClH/c15-11-6-9(5-10(7-11)14(19,20)21)12(8-13(16,17)18)23-3-1-22-2-4-23;/h5-7,12,22H,1-4,8H2;1H/t12-;/m1./s1. The average molecular weight is 381 g/mol. The number of nitrogens with one attached hydrogen (secondary N) is 1. The summed E-state index contributed by atoms with van der Waals surface area (Å²) in [5.41, 5.74) is -1.59. The first-order valence-electron chi connectivity index (χ1n) is 6.95. The van der Waals surface area contributed by atoms with E-state index in [2.05, 4.69) is 5.32 Å². The van der Waals surface area contributed by atoms with Crippen LogP contribution in [0.15, 0.2) is 18.2 Å². The normalized spacial score (nSPS) is 18.1. The number of alkyl halides is 6. The first-order valence-corrected chi connectivity index (χ1v) is 6.95. The van der Waals surface area contributed by atoms with Crippen molar-refractivity contribution in [1.82, 2.24) is 10.2 Å². The summed E-state index contributed by atoms with van der Waals surface area (Å²) in [6.07, 6.45) is -10.7. The Hall–Kier alpha value is -1.06. The van der Waals surface area contributed by atoms with Crippen LogP contribution in [0, 0.1) is 5.82 Å². The van der Waals surface area contributed by atoms with Crippen molar-refractivity contribution in [2.75, 3.05) is 26.2 Å². The van der Waals surface area contributed by atoms with Gasteiger partial charge in [0.2, 0.25) is 0 Å². The van der Waals surface area contributed by atoms with E-state index in [1.807, 2.05) is 0 Å². The molecule has 1 heterocycles. The second-order valence-corrected chi connectivity index (χ2v) is 5.39. The molecule has 0 bridgehead atoms. The molecule has 0 aromatic heterocycles. The Morgan fingerprint density at radius 2 is 1.58 bits per heavy atom. The molecule has 1 aromatic carbocycles. The highest BCUT2D eigenvalue weighted by Crippen LogP contribution is 2.37. The van der Waals surface area contributed by atoms with Gasteiger partial charge in [-0.15, -0.1) is 12.4 Å². The van der Waals surface area contributed by atoms with Crippen molar-refractivity contribution >= 4 is 12.4 Å². The van der Waals surface area contributed by atoms with E-state index < -0.39 is 36.2 Å². The maximum atomic E-state index is 13.5. The molecule has 2 nitrogen and oxygen atoms in total. The molecule has 0 unspecified atom stereocenters. The van der Waals surface area contributed by atoms with E-state index in [1.165, 1.54) is 4.90 Å². The molecule has 1 saturated heterocycles. The summed E-state index contributed by atoms with van der Waals surface area (Å²) in [5.74, 6) is -1.20. The number of hydrogen-bond acceptors (Lipinski definition) is 2. The zero-order valence-corrected chi connectivity index (χ0v) is 13.2. The predicted molar refractivity (Wildman–Crippen MR) is 76.5 cm³/mol. The molecular formula is C14H16ClF7N2. The minimum atomic E-state index is -4.82. The summed E-state index contributed by atoms with van der Waals surface area (Å²) in [6.45, 7) is 1.35. The lowest BCUT2D eigenvalue weighted by atomic mass is 9.98. The van der Waals surface area contributed by atoms with Crippen LogP contribution >= 0.6 is 12.4 Å². The van der Waals surface area contributed by atoms with Crippen LogP contribution in [0.3, 0.4) is 0 Å². The van der Waals surface area contributed by atoms with Crippen LogP contribution in [0.1, 0.15) is 23.6 Å². The Morgan fingerprint density at radius 3 is 2.08 bits per heavy atom. The fourth-order valence-corrected chi connectivity index (χ4v) is 2.64. The summed E-state index contributed by atoms with van der Waals surface area (Å²) in [5, 5.41) is 2.95. The van der Waals surface area contributed by atoms with Crippen LogP contribution < -0.4 is 5.32 Å². The molecule has 24 heavy (non-hydrogen) atoms. The highest BCUT2D eigenvalue weighted by molar-refractivity contribution is 5.85. The van der Waals surface area contributed by atoms with Gasteiger partial charge in [-0.1, -0.05) is 0 Å². The molecule has 0 saturated carbocycles. The Morgan fingerprint density at radius 1 is 1.00 bits per heavy atom. The molecule has 1 N–H and O–H groups in total. The van der Waals surface area contributed by atoms with E-state index in [9.17, 15) is 30.7 Å². The van der Waals surface area contributed by atoms with Gasteiger partial charge in [0, 0.05) is 32.2 Å². The van der Waals surface area contributed by atoms with Gasteiger partial charge in [0.15, 0.2) is 0 Å². The second kappa shape index (κ2) is 7.88. The summed E-state index contributed by atoms with van der Waals surface area (Å²) >= 11 is 0. The highest BCUT2D eigenvalue weighted by atomic mass is 35.5. The number of nitrogens with zero attached hydrogens (tertiary/aromatic N) is 1. The minimum absolute atomic E-state index is 0. The fraction of sp³-hybridized carbons (Fsp3) is 0.571. The number of piperazine rings is 1. The van der Waals surface area contributed by atoms with Crippen LogP contribution in [0.4, 0.5) is 30.7 Å². The van der Waals surface area contributed by atoms with Gasteiger partial charge in [0.25, 0.3) is 0 Å². The van der Waals surface area contributed by atoms with E-state index in [1.54, 1.807) is 0 Å². The average Bonchev–Trinajstić information content (AvgIpc) is 2.43. The maximum Gasteiger partial charge on any atom is 0.416 e. The number of benzene rings is 1. The van der Waals surface area contributed by atoms with Gasteiger partial charge < -0.3 is 5.32 Å². The van der Waals surface area contributed by atoms with Gasteiger partial charge in [-0.05, 0) is 23.8 Å². The van der Waals surface area contributed by atoms with Gasteiger partial charge in [0.05, 0.1) is 12.0 Å². The Bertz CT molecular complexity index is 539. The first kappa shape index (κ1) is 21.0. The van der Waals surface area contributed by atoms with Crippen LogP contribution in [0.5, 0.6) is 0 Å². The van der Waals surface area contributed by atoms with Gasteiger partial charge in [-0.25, -0.2) is 4.39 Å². The second-order valence-electron chi connectivity index (χ2n) is 5.39. The van der Waals surface area contributed by atoms with Gasteiger partial charge >= 0.3 is 12.4 Å². The van der Waals surface area contributed by atoms with Crippen molar-refractivity contribution in [3.05, 3.63) is 35.1 Å². The molecule has 10 heteroatoms. The molecule has 0 radical (unpaired) electrons. The van der Waals surface area contributed by atoms with E-state index in [0.717, 1.165) is 6.07 Å². The molecule has 1 aromatic rings. The van der Waals surface area contributed by atoms with Crippen LogP contribution in [-0.4, -0.2) is 37.3 Å². The lowest BCUT2D eigenvalue weighted by Gasteiger charge is -2.36. The summed E-state index contributed by atoms with van der Waals surface area (Å²) in [6, 6.07) is 0.287. The molecule has 0 amide bonds. The molecule has 138 valence electrons. The molecule has 0 aliphatic carbocycles. The molecule has 1 fully saturated rings. The Labute approximate surface area is 140 Å². The number of halogens is 8. The lowest BCUT2D eigenvalue weighted by Crippen LogP contribution is -2.46. The Balaban J connectivity index is 0.00000288. The SMILES string of the molecule is Cl.Fc1cc([C@@H](CC(F)(F)F)N2CCNCC2)cc(C(F)(F)F)c1. The van der Waals surface area contributed by atoms with Gasteiger partial charge in [0.1, 0.15) is 5.82 Å². The zero-order chi connectivity index (χ0) is 17.3. The third-order valence-corrected chi connectivity index (χ3v) is 3.65. The minimum Gasteiger partial charge on any atom is -0.314 e. The molecule has 1 aliphatic rings. The highest BCUT2D eigenvalue weighted by Gasteiger charge is 2.38. The lowest BCUT2D eigenvalue weighted by molar-refractivity contribution is -0.148. The predicted octanol–water partition coefficient (Wildman–Crippen LogP) is 4.17. The van der Waals surface area contributed by atoms with E-state index in [0.29, 0.717) is 19.2 Å². The number of hydrogen-bond donors (Lipinski definition) is 1. The maximum absolute atomic E-state index is 13.5. The van der Waals surface area contributed by atoms with E-state index in [4.69, 9.17) is 0 Å². The fourth-order valence-electron chi connectivity index (χ4n) is 2.64. The zero-order valence-electron chi connectivity index (χ0n) is 12.3. The van der Waals surface area contributed by atoms with Crippen molar-refractivity contribution in [3.8, 4) is 0 Å². The monoisotopic (exact) mass is 380 g/mol. The Kier molecular flexibility index (Phi) is 6.89. The number of rotatable bonds is 3. The van der Waals surface area contributed by atoms with Crippen molar-refractivity contribution in [1.29, 1.82) is 0 Å². The van der Waals surface area contributed by atoms with Crippen molar-refractivity contribution in [2.24, 2.45) is 0 Å². The van der Waals surface area contributed by atoms with Crippen molar-refractivity contribution < 1.29 is 30.7 Å².